The number of aryl methyl sites for hydroxylation is 1. The van der Waals surface area contributed by atoms with Gasteiger partial charge >= 0.3 is 0 Å². The third-order valence-corrected chi connectivity index (χ3v) is 6.76. The Morgan fingerprint density at radius 2 is 2.10 bits per heavy atom. The number of rotatable bonds is 5. The molecule has 0 spiro atoms. The van der Waals surface area contributed by atoms with Crippen LogP contribution in [0.1, 0.15) is 50.9 Å². The van der Waals surface area contributed by atoms with Gasteiger partial charge in [0.15, 0.2) is 0 Å². The third kappa shape index (κ3) is 4.75. The van der Waals surface area contributed by atoms with Gasteiger partial charge in [0.05, 0.1) is 17.3 Å². The average molecular weight is 434 g/mol. The summed E-state index contributed by atoms with van der Waals surface area (Å²) in [5.74, 6) is -1.57. The molecule has 1 aliphatic carbocycles. The molecule has 2 aromatic rings. The first-order chi connectivity index (χ1) is 14.7. The fraction of sp³-hybridized carbons (Fsp3) is 0.652. The molecule has 0 bridgehead atoms. The van der Waals surface area contributed by atoms with E-state index in [0.29, 0.717) is 25.9 Å². The standard InChI is InChI=1S/C23H33F2N5O/c1-16-5-4-11-30-18(16)14-27-21(30)22(2,3)28-20(31)19-13-26-10-12-29(19)15-17-6-8-23(24,25)9-7-17/h4-5,11,14,17,19,26H,6-10,12-13,15H2,1-3H3,(H,28,31)/t19-/m0/s1. The molecular weight excluding hydrogens is 400 g/mol. The molecule has 0 unspecified atom stereocenters. The SMILES string of the molecule is Cc1cccn2c(C(C)(C)NC(=O)[C@@H]3CNCCN3CC3CCC(F)(F)CC3)ncc12. The summed E-state index contributed by atoms with van der Waals surface area (Å²) >= 11 is 0. The van der Waals surface area contributed by atoms with Crippen molar-refractivity contribution in [3.05, 3.63) is 35.9 Å². The zero-order chi connectivity index (χ0) is 22.2. The van der Waals surface area contributed by atoms with Crippen molar-refractivity contribution in [2.45, 2.75) is 64.0 Å². The van der Waals surface area contributed by atoms with Crippen LogP contribution < -0.4 is 10.6 Å². The Labute approximate surface area is 182 Å². The van der Waals surface area contributed by atoms with Crippen LogP contribution in [0, 0.1) is 12.8 Å². The number of pyridine rings is 1. The minimum absolute atomic E-state index is 0.0416. The molecule has 1 saturated heterocycles. The van der Waals surface area contributed by atoms with E-state index in [2.05, 4.69) is 20.5 Å². The normalized spacial score (nSPS) is 23.2. The first kappa shape index (κ1) is 22.1. The topological polar surface area (TPSA) is 61.7 Å². The first-order valence-corrected chi connectivity index (χ1v) is 11.2. The van der Waals surface area contributed by atoms with E-state index in [0.717, 1.165) is 30.0 Å². The molecule has 2 fully saturated rings. The Balaban J connectivity index is 1.46. The fourth-order valence-corrected chi connectivity index (χ4v) is 4.91. The lowest BCUT2D eigenvalue weighted by Gasteiger charge is -2.40. The highest BCUT2D eigenvalue weighted by Gasteiger charge is 2.38. The lowest BCUT2D eigenvalue weighted by atomic mass is 9.86. The molecule has 2 aliphatic rings. The van der Waals surface area contributed by atoms with Crippen molar-refractivity contribution in [3.63, 3.8) is 0 Å². The van der Waals surface area contributed by atoms with E-state index < -0.39 is 11.5 Å². The zero-order valence-electron chi connectivity index (χ0n) is 18.6. The van der Waals surface area contributed by atoms with Gasteiger partial charge in [-0.2, -0.15) is 0 Å². The van der Waals surface area contributed by atoms with Gasteiger partial charge in [0.25, 0.3) is 0 Å². The predicted octanol–water partition coefficient (Wildman–Crippen LogP) is 3.09. The van der Waals surface area contributed by atoms with Crippen LogP contribution in [0.25, 0.3) is 5.52 Å². The summed E-state index contributed by atoms with van der Waals surface area (Å²) in [7, 11) is 0. The minimum Gasteiger partial charge on any atom is -0.343 e. The Morgan fingerprint density at radius 1 is 1.35 bits per heavy atom. The Hall–Kier alpha value is -2.06. The van der Waals surface area contributed by atoms with Crippen LogP contribution in [0.4, 0.5) is 8.78 Å². The fourth-order valence-electron chi connectivity index (χ4n) is 4.91. The Kier molecular flexibility index (Phi) is 6.05. The van der Waals surface area contributed by atoms with Gasteiger partial charge in [-0.1, -0.05) is 6.07 Å². The lowest BCUT2D eigenvalue weighted by molar-refractivity contribution is -0.129. The number of nitrogens with zero attached hydrogens (tertiary/aromatic N) is 3. The highest BCUT2D eigenvalue weighted by molar-refractivity contribution is 5.83. The predicted molar refractivity (Wildman–Crippen MR) is 116 cm³/mol. The van der Waals surface area contributed by atoms with Crippen LogP contribution in [0.2, 0.25) is 0 Å². The molecule has 1 atom stereocenters. The molecule has 3 heterocycles. The van der Waals surface area contributed by atoms with E-state index in [-0.39, 0.29) is 30.7 Å². The molecular formula is C23H33F2N5O. The molecule has 4 rings (SSSR count). The average Bonchev–Trinajstić information content (AvgIpc) is 3.16. The molecule has 31 heavy (non-hydrogen) atoms. The highest BCUT2D eigenvalue weighted by Crippen LogP contribution is 2.36. The van der Waals surface area contributed by atoms with E-state index >= 15 is 0 Å². The smallest absolute Gasteiger partial charge is 0.248 e. The number of alkyl halides is 2. The van der Waals surface area contributed by atoms with E-state index in [1.54, 1.807) is 0 Å². The van der Waals surface area contributed by atoms with Crippen molar-refractivity contribution in [2.75, 3.05) is 26.2 Å². The Morgan fingerprint density at radius 3 is 2.84 bits per heavy atom. The minimum atomic E-state index is -2.52. The van der Waals surface area contributed by atoms with E-state index in [9.17, 15) is 13.6 Å². The number of amides is 1. The molecule has 8 heteroatoms. The summed E-state index contributed by atoms with van der Waals surface area (Å²) in [6.45, 7) is 8.78. The maximum absolute atomic E-state index is 13.5. The monoisotopic (exact) mass is 433 g/mol. The summed E-state index contributed by atoms with van der Waals surface area (Å²) in [5, 5.41) is 6.51. The summed E-state index contributed by atoms with van der Waals surface area (Å²) < 4.78 is 29.1. The third-order valence-electron chi connectivity index (χ3n) is 6.76. The Bertz CT molecular complexity index is 931. The van der Waals surface area contributed by atoms with Crippen molar-refractivity contribution in [1.29, 1.82) is 0 Å². The second kappa shape index (κ2) is 8.47. The van der Waals surface area contributed by atoms with E-state index in [1.807, 2.05) is 49.7 Å². The maximum atomic E-state index is 13.5. The maximum Gasteiger partial charge on any atom is 0.248 e. The summed E-state index contributed by atoms with van der Waals surface area (Å²) in [6, 6.07) is 3.70. The number of fused-ring (bicyclic) bond motifs is 1. The number of carbonyl (C=O) groups is 1. The summed E-state index contributed by atoms with van der Waals surface area (Å²) in [4.78, 5) is 20.1. The highest BCUT2D eigenvalue weighted by atomic mass is 19.3. The van der Waals surface area contributed by atoms with Crippen molar-refractivity contribution in [1.82, 2.24) is 24.9 Å². The quantitative estimate of drug-likeness (QED) is 0.761. The number of hydrogen-bond acceptors (Lipinski definition) is 4. The van der Waals surface area contributed by atoms with Crippen molar-refractivity contribution in [2.24, 2.45) is 5.92 Å². The van der Waals surface area contributed by atoms with E-state index in [4.69, 9.17) is 0 Å². The lowest BCUT2D eigenvalue weighted by Crippen LogP contribution is -2.61. The van der Waals surface area contributed by atoms with Gasteiger partial charge in [0.1, 0.15) is 11.9 Å². The molecule has 6 nitrogen and oxygen atoms in total. The van der Waals surface area contributed by atoms with Crippen LogP contribution in [0.3, 0.4) is 0 Å². The number of halogens is 2. The van der Waals surface area contributed by atoms with Gasteiger partial charge in [0.2, 0.25) is 11.8 Å². The molecule has 1 amide bonds. The van der Waals surface area contributed by atoms with Crippen molar-refractivity contribution >= 4 is 11.4 Å². The van der Waals surface area contributed by atoms with Gasteiger partial charge in [-0.15, -0.1) is 0 Å². The number of piperazine rings is 1. The molecule has 2 aromatic heterocycles. The molecule has 1 aliphatic heterocycles. The zero-order valence-corrected chi connectivity index (χ0v) is 18.6. The van der Waals surface area contributed by atoms with Crippen molar-refractivity contribution in [3.8, 4) is 0 Å². The second-order valence-electron chi connectivity index (χ2n) is 9.66. The van der Waals surface area contributed by atoms with Gasteiger partial charge in [0, 0.05) is 45.2 Å². The van der Waals surface area contributed by atoms with Crippen LogP contribution in [-0.2, 0) is 10.3 Å². The molecule has 2 N–H and O–H groups in total. The molecule has 0 aromatic carbocycles. The van der Waals surface area contributed by atoms with Gasteiger partial charge in [-0.05, 0) is 51.2 Å². The van der Waals surface area contributed by atoms with Crippen LogP contribution in [-0.4, -0.2) is 58.3 Å². The molecule has 170 valence electrons. The number of hydrogen-bond donors (Lipinski definition) is 2. The number of carbonyl (C=O) groups excluding carboxylic acids is 1. The molecule has 1 saturated carbocycles. The van der Waals surface area contributed by atoms with Crippen LogP contribution in [0.5, 0.6) is 0 Å². The number of aromatic nitrogens is 2. The summed E-state index contributed by atoms with van der Waals surface area (Å²) in [5.41, 5.74) is 1.49. The summed E-state index contributed by atoms with van der Waals surface area (Å²) in [6.07, 6.45) is 4.77. The number of nitrogens with one attached hydrogen (secondary N) is 2. The number of imidazole rings is 1. The van der Waals surface area contributed by atoms with Crippen LogP contribution in [0.15, 0.2) is 24.5 Å². The van der Waals surface area contributed by atoms with E-state index in [1.165, 1.54) is 0 Å². The molecule has 0 radical (unpaired) electrons. The van der Waals surface area contributed by atoms with Crippen molar-refractivity contribution < 1.29 is 13.6 Å². The largest absolute Gasteiger partial charge is 0.343 e. The van der Waals surface area contributed by atoms with Gasteiger partial charge < -0.3 is 15.0 Å². The van der Waals surface area contributed by atoms with Crippen LogP contribution >= 0.6 is 0 Å². The second-order valence-corrected chi connectivity index (χ2v) is 9.66. The van der Waals surface area contributed by atoms with Gasteiger partial charge in [-0.25, -0.2) is 13.8 Å². The first-order valence-electron chi connectivity index (χ1n) is 11.2. The van der Waals surface area contributed by atoms with Gasteiger partial charge in [-0.3, -0.25) is 9.69 Å².